The van der Waals surface area contributed by atoms with Crippen LogP contribution in [0.1, 0.15) is 16.8 Å². The minimum absolute atomic E-state index is 0.159. The number of hydrogen-bond donors (Lipinski definition) is 2. The molecule has 0 aliphatic carbocycles. The molecule has 8 nitrogen and oxygen atoms in total. The maximum Gasteiger partial charge on any atom is 0.335 e. The zero-order valence-electron chi connectivity index (χ0n) is 11.1. The van der Waals surface area contributed by atoms with Crippen LogP contribution in [-0.2, 0) is 13.1 Å². The van der Waals surface area contributed by atoms with Crippen molar-refractivity contribution in [3.05, 3.63) is 46.6 Å². The standard InChI is InChI=1S/C13H13N5O3/c19-12(20)9-2-3-10-11(8-9)18(13(21)15-10)6-1-5-17-7-4-14-16-17/h2-4,7-8H,1,5-6H2,(H,15,21)(H,19,20). The van der Waals surface area contributed by atoms with E-state index in [9.17, 15) is 9.59 Å². The average molecular weight is 287 g/mol. The summed E-state index contributed by atoms with van der Waals surface area (Å²) in [6, 6.07) is 4.58. The molecule has 0 fully saturated rings. The van der Waals surface area contributed by atoms with Gasteiger partial charge in [0.1, 0.15) is 0 Å². The van der Waals surface area contributed by atoms with Crippen molar-refractivity contribution in [2.75, 3.05) is 0 Å². The topological polar surface area (TPSA) is 106 Å². The van der Waals surface area contributed by atoms with E-state index in [4.69, 9.17) is 5.11 Å². The molecule has 0 aliphatic heterocycles. The molecule has 21 heavy (non-hydrogen) atoms. The summed E-state index contributed by atoms with van der Waals surface area (Å²) in [5, 5.41) is 16.6. The molecule has 2 heterocycles. The number of carboxylic acids is 1. The van der Waals surface area contributed by atoms with Crippen LogP contribution in [0.4, 0.5) is 0 Å². The lowest BCUT2D eigenvalue weighted by atomic mass is 10.2. The quantitative estimate of drug-likeness (QED) is 0.719. The highest BCUT2D eigenvalue weighted by molar-refractivity contribution is 5.92. The predicted octanol–water partition coefficient (Wildman–Crippen LogP) is 0.710. The number of aromatic carboxylic acids is 1. The van der Waals surface area contributed by atoms with Crippen molar-refractivity contribution in [3.8, 4) is 0 Å². The van der Waals surface area contributed by atoms with Gasteiger partial charge < -0.3 is 10.1 Å². The second-order valence-corrected chi connectivity index (χ2v) is 4.64. The third-order valence-corrected chi connectivity index (χ3v) is 3.26. The highest BCUT2D eigenvalue weighted by Gasteiger charge is 2.10. The summed E-state index contributed by atoms with van der Waals surface area (Å²) in [4.78, 5) is 25.7. The Kier molecular flexibility index (Phi) is 3.27. The molecule has 0 atom stereocenters. The first-order valence-corrected chi connectivity index (χ1v) is 6.45. The van der Waals surface area contributed by atoms with E-state index in [1.54, 1.807) is 27.7 Å². The Bertz CT molecular complexity index is 831. The fourth-order valence-electron chi connectivity index (χ4n) is 2.25. The number of aromatic amines is 1. The smallest absolute Gasteiger partial charge is 0.335 e. The number of aromatic nitrogens is 5. The molecule has 8 heteroatoms. The summed E-state index contributed by atoms with van der Waals surface area (Å²) in [7, 11) is 0. The number of benzene rings is 1. The summed E-state index contributed by atoms with van der Waals surface area (Å²) in [5.41, 5.74) is 1.14. The van der Waals surface area contributed by atoms with E-state index < -0.39 is 5.97 Å². The summed E-state index contributed by atoms with van der Waals surface area (Å²) in [6.45, 7) is 1.11. The average Bonchev–Trinajstić information content (AvgIpc) is 3.06. The van der Waals surface area contributed by atoms with Crippen molar-refractivity contribution in [2.45, 2.75) is 19.5 Å². The lowest BCUT2D eigenvalue weighted by Crippen LogP contribution is -2.18. The molecule has 2 N–H and O–H groups in total. The SMILES string of the molecule is O=C(O)c1ccc2[nH]c(=O)n(CCCn3ccnn3)c2c1. The third-order valence-electron chi connectivity index (χ3n) is 3.26. The number of nitrogens with zero attached hydrogens (tertiary/aromatic N) is 4. The van der Waals surface area contributed by atoms with E-state index in [1.165, 1.54) is 12.1 Å². The van der Waals surface area contributed by atoms with Crippen LogP contribution >= 0.6 is 0 Å². The molecule has 3 aromatic rings. The Hall–Kier alpha value is -2.90. The Morgan fingerprint density at radius 1 is 1.33 bits per heavy atom. The van der Waals surface area contributed by atoms with Gasteiger partial charge in [-0.15, -0.1) is 5.10 Å². The summed E-state index contributed by atoms with van der Waals surface area (Å²) < 4.78 is 3.22. The number of hydrogen-bond acceptors (Lipinski definition) is 4. The van der Waals surface area contributed by atoms with Crippen LogP contribution in [0.3, 0.4) is 0 Å². The van der Waals surface area contributed by atoms with Crippen molar-refractivity contribution in [1.82, 2.24) is 24.5 Å². The number of carboxylic acid groups (broad SMARTS) is 1. The highest BCUT2D eigenvalue weighted by atomic mass is 16.4. The van der Waals surface area contributed by atoms with Crippen LogP contribution in [0.2, 0.25) is 0 Å². The molecule has 0 radical (unpaired) electrons. The minimum Gasteiger partial charge on any atom is -0.478 e. The number of aryl methyl sites for hydroxylation is 2. The lowest BCUT2D eigenvalue weighted by molar-refractivity contribution is 0.0697. The number of carbonyl (C=O) groups is 1. The van der Waals surface area contributed by atoms with Gasteiger partial charge in [0, 0.05) is 19.3 Å². The van der Waals surface area contributed by atoms with Crippen molar-refractivity contribution in [3.63, 3.8) is 0 Å². The second kappa shape index (κ2) is 5.23. The van der Waals surface area contributed by atoms with Crippen LogP contribution in [0.5, 0.6) is 0 Å². The van der Waals surface area contributed by atoms with Gasteiger partial charge in [-0.25, -0.2) is 9.59 Å². The maximum atomic E-state index is 11.9. The first kappa shape index (κ1) is 13.1. The van der Waals surface area contributed by atoms with E-state index in [0.29, 0.717) is 30.5 Å². The molecule has 0 saturated heterocycles. The molecular weight excluding hydrogens is 274 g/mol. The number of rotatable bonds is 5. The molecule has 0 unspecified atom stereocenters. The predicted molar refractivity (Wildman–Crippen MR) is 74.2 cm³/mol. The molecule has 0 saturated carbocycles. The third kappa shape index (κ3) is 2.55. The monoisotopic (exact) mass is 287 g/mol. The number of imidazole rings is 1. The zero-order chi connectivity index (χ0) is 14.8. The van der Waals surface area contributed by atoms with Crippen LogP contribution in [-0.4, -0.2) is 35.6 Å². The second-order valence-electron chi connectivity index (χ2n) is 4.64. The van der Waals surface area contributed by atoms with Gasteiger partial charge in [-0.2, -0.15) is 0 Å². The van der Waals surface area contributed by atoms with Gasteiger partial charge in [0.05, 0.1) is 22.8 Å². The number of H-pyrrole nitrogens is 1. The van der Waals surface area contributed by atoms with Crippen molar-refractivity contribution in [1.29, 1.82) is 0 Å². The fraction of sp³-hybridized carbons (Fsp3) is 0.231. The van der Waals surface area contributed by atoms with Crippen LogP contribution in [0.25, 0.3) is 11.0 Å². The maximum absolute atomic E-state index is 11.9. The van der Waals surface area contributed by atoms with E-state index in [0.717, 1.165) is 0 Å². The first-order valence-electron chi connectivity index (χ1n) is 6.45. The molecule has 1 aromatic carbocycles. The summed E-state index contributed by atoms with van der Waals surface area (Å²) in [5.74, 6) is -1.01. The Labute approximate surface area is 118 Å². The van der Waals surface area contributed by atoms with E-state index in [2.05, 4.69) is 15.3 Å². The molecule has 0 spiro atoms. The van der Waals surface area contributed by atoms with E-state index >= 15 is 0 Å². The Balaban J connectivity index is 1.86. The molecule has 0 amide bonds. The molecule has 2 aromatic heterocycles. The fourth-order valence-corrected chi connectivity index (χ4v) is 2.25. The van der Waals surface area contributed by atoms with Crippen molar-refractivity contribution >= 4 is 17.0 Å². The van der Waals surface area contributed by atoms with Gasteiger partial charge in [0.25, 0.3) is 0 Å². The van der Waals surface area contributed by atoms with Gasteiger partial charge in [0.15, 0.2) is 0 Å². The first-order chi connectivity index (χ1) is 10.1. The van der Waals surface area contributed by atoms with Gasteiger partial charge in [-0.3, -0.25) is 9.25 Å². The van der Waals surface area contributed by atoms with Crippen molar-refractivity contribution in [2.24, 2.45) is 0 Å². The van der Waals surface area contributed by atoms with E-state index in [1.807, 2.05) is 0 Å². The molecule has 3 rings (SSSR count). The van der Waals surface area contributed by atoms with Crippen LogP contribution in [0.15, 0.2) is 35.4 Å². The minimum atomic E-state index is -1.01. The molecular formula is C13H13N5O3. The zero-order valence-corrected chi connectivity index (χ0v) is 11.1. The highest BCUT2D eigenvalue weighted by Crippen LogP contribution is 2.13. The number of fused-ring (bicyclic) bond motifs is 1. The van der Waals surface area contributed by atoms with Crippen molar-refractivity contribution < 1.29 is 9.90 Å². The molecule has 108 valence electrons. The summed E-state index contributed by atoms with van der Waals surface area (Å²) >= 11 is 0. The number of nitrogens with one attached hydrogen (secondary N) is 1. The van der Waals surface area contributed by atoms with Crippen LogP contribution in [0, 0.1) is 0 Å². The lowest BCUT2D eigenvalue weighted by Gasteiger charge is -2.04. The summed E-state index contributed by atoms with van der Waals surface area (Å²) in [6.07, 6.45) is 4.03. The normalized spacial score (nSPS) is 11.0. The van der Waals surface area contributed by atoms with Crippen LogP contribution < -0.4 is 5.69 Å². The Morgan fingerprint density at radius 2 is 2.19 bits per heavy atom. The Morgan fingerprint density at radius 3 is 2.90 bits per heavy atom. The van der Waals surface area contributed by atoms with Gasteiger partial charge in [-0.1, -0.05) is 5.21 Å². The van der Waals surface area contributed by atoms with Gasteiger partial charge in [0.2, 0.25) is 0 Å². The molecule has 0 bridgehead atoms. The van der Waals surface area contributed by atoms with Gasteiger partial charge >= 0.3 is 11.7 Å². The molecule has 0 aliphatic rings. The van der Waals surface area contributed by atoms with E-state index in [-0.39, 0.29) is 11.3 Å². The van der Waals surface area contributed by atoms with Gasteiger partial charge in [-0.05, 0) is 24.6 Å². The largest absolute Gasteiger partial charge is 0.478 e.